The van der Waals surface area contributed by atoms with Crippen molar-refractivity contribution in [3.63, 3.8) is 0 Å². The van der Waals surface area contributed by atoms with Crippen LogP contribution in [-0.4, -0.2) is 41.1 Å². The molecule has 0 spiro atoms. The number of carboxylic acids is 1. The second kappa shape index (κ2) is 7.02. The molecule has 1 N–H and O–H groups in total. The summed E-state index contributed by atoms with van der Waals surface area (Å²) in [6.07, 6.45) is -3.97. The van der Waals surface area contributed by atoms with Crippen LogP contribution in [0.15, 0.2) is 24.3 Å². The third kappa shape index (κ3) is 4.46. The van der Waals surface area contributed by atoms with E-state index in [-0.39, 0.29) is 50.2 Å². The Labute approximate surface area is 131 Å². The van der Waals surface area contributed by atoms with Crippen LogP contribution >= 0.6 is 0 Å². The van der Waals surface area contributed by atoms with Crippen molar-refractivity contribution in [2.24, 2.45) is 5.92 Å². The van der Waals surface area contributed by atoms with Gasteiger partial charge >= 0.3 is 12.1 Å². The minimum absolute atomic E-state index is 0.0685. The molecule has 0 saturated carbocycles. The van der Waals surface area contributed by atoms with Crippen LogP contribution in [0.2, 0.25) is 0 Å². The van der Waals surface area contributed by atoms with Crippen molar-refractivity contribution >= 4 is 11.9 Å². The van der Waals surface area contributed by atoms with Gasteiger partial charge in [0.25, 0.3) is 0 Å². The van der Waals surface area contributed by atoms with Gasteiger partial charge in [-0.1, -0.05) is 18.2 Å². The summed E-state index contributed by atoms with van der Waals surface area (Å²) in [5.74, 6) is -2.62. The molecule has 1 heterocycles. The Morgan fingerprint density at radius 1 is 1.17 bits per heavy atom. The molecule has 0 aromatic heterocycles. The van der Waals surface area contributed by atoms with E-state index in [2.05, 4.69) is 0 Å². The van der Waals surface area contributed by atoms with Crippen molar-refractivity contribution in [2.45, 2.75) is 31.9 Å². The maximum Gasteiger partial charge on any atom is 0.391 e. The second-order valence-corrected chi connectivity index (χ2v) is 5.66. The van der Waals surface area contributed by atoms with Gasteiger partial charge in [0, 0.05) is 19.5 Å². The SMILES string of the molecule is O=C(O)c1ccccc1CCC(=O)N1CCC(C(F)(F)F)CC1. The highest BCUT2D eigenvalue weighted by atomic mass is 19.4. The molecular weight excluding hydrogens is 311 g/mol. The first-order valence-corrected chi connectivity index (χ1v) is 7.44. The minimum atomic E-state index is -4.20. The molecule has 1 fully saturated rings. The molecule has 1 saturated heterocycles. The molecule has 1 aliphatic rings. The van der Waals surface area contributed by atoms with Gasteiger partial charge in [-0.15, -0.1) is 0 Å². The Kier molecular flexibility index (Phi) is 5.28. The van der Waals surface area contributed by atoms with Crippen molar-refractivity contribution < 1.29 is 27.9 Å². The summed E-state index contributed by atoms with van der Waals surface area (Å²) in [5, 5.41) is 9.08. The Morgan fingerprint density at radius 3 is 2.35 bits per heavy atom. The number of carbonyl (C=O) groups is 2. The third-order valence-electron chi connectivity index (χ3n) is 4.17. The number of hydrogen-bond donors (Lipinski definition) is 1. The molecule has 4 nitrogen and oxygen atoms in total. The zero-order valence-electron chi connectivity index (χ0n) is 12.5. The molecule has 0 bridgehead atoms. The highest BCUT2D eigenvalue weighted by Crippen LogP contribution is 2.34. The number of alkyl halides is 3. The molecule has 2 rings (SSSR count). The van der Waals surface area contributed by atoms with E-state index in [1.54, 1.807) is 18.2 Å². The number of rotatable bonds is 4. The normalized spacial score (nSPS) is 16.4. The molecule has 126 valence electrons. The van der Waals surface area contributed by atoms with Crippen molar-refractivity contribution in [1.82, 2.24) is 4.90 Å². The Bertz CT molecular complexity index is 578. The summed E-state index contributed by atoms with van der Waals surface area (Å²) in [6.45, 7) is 0.202. The van der Waals surface area contributed by atoms with Crippen LogP contribution in [0.5, 0.6) is 0 Å². The molecule has 23 heavy (non-hydrogen) atoms. The van der Waals surface area contributed by atoms with Crippen molar-refractivity contribution in [3.05, 3.63) is 35.4 Å². The van der Waals surface area contributed by atoms with Crippen LogP contribution < -0.4 is 0 Å². The number of hydrogen-bond acceptors (Lipinski definition) is 2. The van der Waals surface area contributed by atoms with Crippen molar-refractivity contribution in [3.8, 4) is 0 Å². The van der Waals surface area contributed by atoms with Gasteiger partial charge in [-0.05, 0) is 30.9 Å². The number of amides is 1. The smallest absolute Gasteiger partial charge is 0.391 e. The lowest BCUT2D eigenvalue weighted by Gasteiger charge is -2.33. The fourth-order valence-electron chi connectivity index (χ4n) is 2.80. The van der Waals surface area contributed by atoms with Gasteiger partial charge in [-0.2, -0.15) is 13.2 Å². The summed E-state index contributed by atoms with van der Waals surface area (Å²) in [4.78, 5) is 24.6. The van der Waals surface area contributed by atoms with E-state index in [1.807, 2.05) is 0 Å². The summed E-state index contributed by atoms with van der Waals surface area (Å²) in [5.41, 5.74) is 0.703. The number of aromatic carboxylic acids is 1. The monoisotopic (exact) mass is 329 g/mol. The van der Waals surface area contributed by atoms with Crippen LogP contribution in [0.1, 0.15) is 35.2 Å². The molecule has 1 aliphatic heterocycles. The van der Waals surface area contributed by atoms with Crippen molar-refractivity contribution in [1.29, 1.82) is 0 Å². The molecule has 0 radical (unpaired) electrons. The van der Waals surface area contributed by atoms with Crippen LogP contribution in [0.4, 0.5) is 13.2 Å². The molecule has 1 aromatic carbocycles. The second-order valence-electron chi connectivity index (χ2n) is 5.66. The Hall–Kier alpha value is -2.05. The molecule has 1 aromatic rings. The zero-order valence-corrected chi connectivity index (χ0v) is 12.5. The van der Waals surface area contributed by atoms with E-state index in [9.17, 15) is 22.8 Å². The largest absolute Gasteiger partial charge is 0.478 e. The average molecular weight is 329 g/mol. The standard InChI is InChI=1S/C16H18F3NO3/c17-16(18,19)12-7-9-20(10-8-12)14(21)6-5-11-3-1-2-4-13(11)15(22)23/h1-4,12H,5-10H2,(H,22,23). The zero-order chi connectivity index (χ0) is 17.0. The van der Waals surface area contributed by atoms with Gasteiger partial charge < -0.3 is 10.0 Å². The van der Waals surface area contributed by atoms with Gasteiger partial charge in [-0.3, -0.25) is 4.79 Å². The number of aryl methyl sites for hydroxylation is 1. The lowest BCUT2D eigenvalue weighted by atomic mass is 9.95. The molecule has 0 aliphatic carbocycles. The van der Waals surface area contributed by atoms with E-state index < -0.39 is 18.1 Å². The van der Waals surface area contributed by atoms with E-state index >= 15 is 0 Å². The third-order valence-corrected chi connectivity index (χ3v) is 4.17. The maximum absolute atomic E-state index is 12.6. The highest BCUT2D eigenvalue weighted by Gasteiger charge is 2.41. The fraction of sp³-hybridized carbons (Fsp3) is 0.500. The molecule has 0 atom stereocenters. The van der Waals surface area contributed by atoms with E-state index in [0.717, 1.165) is 0 Å². The highest BCUT2D eigenvalue weighted by molar-refractivity contribution is 5.89. The number of carbonyl (C=O) groups excluding carboxylic acids is 1. The van der Waals surface area contributed by atoms with Gasteiger partial charge in [0.1, 0.15) is 0 Å². The predicted molar refractivity (Wildman–Crippen MR) is 77.1 cm³/mol. The van der Waals surface area contributed by atoms with Gasteiger partial charge in [-0.25, -0.2) is 4.79 Å². The molecule has 1 amide bonds. The lowest BCUT2D eigenvalue weighted by Crippen LogP contribution is -2.42. The van der Waals surface area contributed by atoms with Gasteiger partial charge in [0.15, 0.2) is 0 Å². The molecular formula is C16H18F3NO3. The topological polar surface area (TPSA) is 57.6 Å². The first-order chi connectivity index (χ1) is 10.8. The average Bonchev–Trinajstić information content (AvgIpc) is 2.52. The first kappa shape index (κ1) is 17.3. The van der Waals surface area contributed by atoms with Crippen LogP contribution in [0.25, 0.3) is 0 Å². The maximum atomic E-state index is 12.6. The summed E-state index contributed by atoms with van der Waals surface area (Å²) in [7, 11) is 0. The van der Waals surface area contributed by atoms with E-state index in [1.165, 1.54) is 11.0 Å². The van der Waals surface area contributed by atoms with Gasteiger partial charge in [0.2, 0.25) is 5.91 Å². The van der Waals surface area contributed by atoms with E-state index in [4.69, 9.17) is 5.11 Å². The number of benzene rings is 1. The van der Waals surface area contributed by atoms with E-state index in [0.29, 0.717) is 5.56 Å². The number of likely N-dealkylation sites (tertiary alicyclic amines) is 1. The lowest BCUT2D eigenvalue weighted by molar-refractivity contribution is -0.186. The van der Waals surface area contributed by atoms with Crippen LogP contribution in [0.3, 0.4) is 0 Å². The Morgan fingerprint density at radius 2 is 1.78 bits per heavy atom. The summed E-state index contributed by atoms with van der Waals surface area (Å²) >= 11 is 0. The fourth-order valence-corrected chi connectivity index (χ4v) is 2.80. The van der Waals surface area contributed by atoms with Crippen molar-refractivity contribution in [2.75, 3.05) is 13.1 Å². The number of carboxylic acid groups (broad SMARTS) is 1. The minimum Gasteiger partial charge on any atom is -0.478 e. The predicted octanol–water partition coefficient (Wildman–Crippen LogP) is 3.12. The first-order valence-electron chi connectivity index (χ1n) is 7.44. The number of piperidine rings is 1. The molecule has 7 heteroatoms. The number of nitrogens with zero attached hydrogens (tertiary/aromatic N) is 1. The Balaban J connectivity index is 1.88. The van der Waals surface area contributed by atoms with Gasteiger partial charge in [0.05, 0.1) is 11.5 Å². The summed E-state index contributed by atoms with van der Waals surface area (Å²) in [6, 6.07) is 6.42. The van der Waals surface area contributed by atoms with Crippen LogP contribution in [-0.2, 0) is 11.2 Å². The summed E-state index contributed by atoms with van der Waals surface area (Å²) < 4.78 is 37.8. The molecule has 0 unspecified atom stereocenters. The van der Waals surface area contributed by atoms with Crippen LogP contribution in [0, 0.1) is 5.92 Å². The number of halogens is 3. The quantitative estimate of drug-likeness (QED) is 0.923.